The third-order valence-corrected chi connectivity index (χ3v) is 3.79. The van der Waals surface area contributed by atoms with E-state index in [9.17, 15) is 0 Å². The fourth-order valence-corrected chi connectivity index (χ4v) is 2.49. The zero-order valence-electron chi connectivity index (χ0n) is 10.7. The van der Waals surface area contributed by atoms with E-state index in [0.29, 0.717) is 0 Å². The summed E-state index contributed by atoms with van der Waals surface area (Å²) in [5.74, 6) is 0.903. The van der Waals surface area contributed by atoms with E-state index in [0.717, 1.165) is 17.5 Å². The van der Waals surface area contributed by atoms with Crippen LogP contribution in [0.4, 0.5) is 0 Å². The minimum absolute atomic E-state index is 0.903. The molecule has 94 valence electrons. The van der Waals surface area contributed by atoms with Gasteiger partial charge in [-0.25, -0.2) is 0 Å². The third-order valence-electron chi connectivity index (χ3n) is 3.07. The van der Waals surface area contributed by atoms with Crippen molar-refractivity contribution >= 4 is 32.8 Å². The largest absolute Gasteiger partial charge is 0.497 e. The summed E-state index contributed by atoms with van der Waals surface area (Å²) in [5.41, 5.74) is 2.66. The molecule has 0 aromatic heterocycles. The van der Waals surface area contributed by atoms with E-state index in [4.69, 9.17) is 4.74 Å². The lowest BCUT2D eigenvalue weighted by Crippen LogP contribution is -1.84. The van der Waals surface area contributed by atoms with E-state index in [1.807, 2.05) is 6.07 Å². The molecule has 0 amide bonds. The smallest absolute Gasteiger partial charge is 0.119 e. The van der Waals surface area contributed by atoms with Crippen LogP contribution in [0.25, 0.3) is 16.8 Å². The van der Waals surface area contributed by atoms with Crippen LogP contribution < -0.4 is 4.74 Å². The van der Waals surface area contributed by atoms with Crippen molar-refractivity contribution in [2.45, 2.75) is 13.3 Å². The second kappa shape index (κ2) is 6.05. The van der Waals surface area contributed by atoms with E-state index >= 15 is 0 Å². The van der Waals surface area contributed by atoms with Gasteiger partial charge < -0.3 is 4.74 Å². The third kappa shape index (κ3) is 2.94. The molecule has 0 atom stereocenters. The normalized spacial score (nSPS) is 11.8. The molecule has 1 nitrogen and oxygen atoms in total. The summed E-state index contributed by atoms with van der Waals surface area (Å²) >= 11 is 3.52. The van der Waals surface area contributed by atoms with Crippen molar-refractivity contribution in [2.75, 3.05) is 12.4 Å². The van der Waals surface area contributed by atoms with Gasteiger partial charge in [-0.1, -0.05) is 52.7 Å². The number of hydrogen-bond donors (Lipinski definition) is 0. The molecule has 0 fully saturated rings. The number of ether oxygens (including phenoxy) is 1. The Bertz CT molecular complexity index is 566. The molecule has 0 spiro atoms. The first kappa shape index (κ1) is 13.2. The number of hydrogen-bond acceptors (Lipinski definition) is 1. The Morgan fingerprint density at radius 2 is 1.89 bits per heavy atom. The van der Waals surface area contributed by atoms with Crippen molar-refractivity contribution in [1.82, 2.24) is 0 Å². The molecule has 18 heavy (non-hydrogen) atoms. The minimum atomic E-state index is 0.903. The summed E-state index contributed by atoms with van der Waals surface area (Å²) < 4.78 is 5.23. The molecule has 0 unspecified atom stereocenters. The number of methoxy groups -OCH3 is 1. The van der Waals surface area contributed by atoms with Crippen LogP contribution in [0.3, 0.4) is 0 Å². The van der Waals surface area contributed by atoms with Crippen LogP contribution in [-0.2, 0) is 0 Å². The molecule has 0 aliphatic heterocycles. The highest BCUT2D eigenvalue weighted by molar-refractivity contribution is 9.09. The Morgan fingerprint density at radius 1 is 1.17 bits per heavy atom. The molecule has 0 heterocycles. The number of fused-ring (bicyclic) bond motifs is 1. The standard InChI is InChI=1S/C16H17BrO/c1-3-12(11-17)8-13-4-5-15-10-16(18-2)7-6-14(15)9-13/h4-10H,3,11H2,1-2H3. The molecule has 0 radical (unpaired) electrons. The van der Waals surface area contributed by atoms with Crippen LogP contribution in [0.5, 0.6) is 5.75 Å². The van der Waals surface area contributed by atoms with Gasteiger partial charge in [0, 0.05) is 5.33 Å². The zero-order chi connectivity index (χ0) is 13.0. The highest BCUT2D eigenvalue weighted by atomic mass is 79.9. The minimum Gasteiger partial charge on any atom is -0.497 e. The van der Waals surface area contributed by atoms with E-state index in [-0.39, 0.29) is 0 Å². The van der Waals surface area contributed by atoms with E-state index in [2.05, 4.69) is 59.3 Å². The summed E-state index contributed by atoms with van der Waals surface area (Å²) in [7, 11) is 1.70. The van der Waals surface area contributed by atoms with Crippen LogP contribution in [0, 0.1) is 0 Å². The summed E-state index contributed by atoms with van der Waals surface area (Å²) in [6.07, 6.45) is 3.32. The lowest BCUT2D eigenvalue weighted by atomic mass is 10.0. The fourth-order valence-electron chi connectivity index (χ4n) is 1.93. The van der Waals surface area contributed by atoms with Gasteiger partial charge >= 0.3 is 0 Å². The molecule has 0 bridgehead atoms. The SMILES string of the molecule is CCC(=Cc1ccc2cc(OC)ccc2c1)CBr. The monoisotopic (exact) mass is 304 g/mol. The second-order valence-corrected chi connectivity index (χ2v) is 4.82. The molecule has 0 aliphatic rings. The van der Waals surface area contributed by atoms with Crippen molar-refractivity contribution < 1.29 is 4.74 Å². The second-order valence-electron chi connectivity index (χ2n) is 4.26. The van der Waals surface area contributed by atoms with Crippen LogP contribution in [0.1, 0.15) is 18.9 Å². The molecule has 2 aromatic rings. The number of benzene rings is 2. The maximum Gasteiger partial charge on any atom is 0.119 e. The first-order chi connectivity index (χ1) is 8.76. The van der Waals surface area contributed by atoms with Gasteiger partial charge in [0.05, 0.1) is 7.11 Å². The molecule has 0 saturated heterocycles. The number of halogens is 1. The van der Waals surface area contributed by atoms with Gasteiger partial charge in [0.15, 0.2) is 0 Å². The Morgan fingerprint density at radius 3 is 2.56 bits per heavy atom. The average molecular weight is 305 g/mol. The lowest BCUT2D eigenvalue weighted by Gasteiger charge is -2.05. The van der Waals surface area contributed by atoms with Crippen LogP contribution in [0.15, 0.2) is 42.0 Å². The van der Waals surface area contributed by atoms with Crippen LogP contribution in [0.2, 0.25) is 0 Å². The number of rotatable bonds is 4. The van der Waals surface area contributed by atoms with Crippen molar-refractivity contribution in [2.24, 2.45) is 0 Å². The molecule has 0 saturated carbocycles. The lowest BCUT2D eigenvalue weighted by molar-refractivity contribution is 0.415. The Hall–Kier alpha value is -1.28. The highest BCUT2D eigenvalue weighted by Crippen LogP contribution is 2.23. The van der Waals surface area contributed by atoms with Gasteiger partial charge in [0.1, 0.15) is 5.75 Å². The van der Waals surface area contributed by atoms with Crippen LogP contribution in [-0.4, -0.2) is 12.4 Å². The molecular weight excluding hydrogens is 288 g/mol. The van der Waals surface area contributed by atoms with Crippen molar-refractivity contribution in [3.05, 3.63) is 47.5 Å². The van der Waals surface area contributed by atoms with Gasteiger partial charge in [-0.2, -0.15) is 0 Å². The maximum absolute atomic E-state index is 5.23. The molecule has 2 heteroatoms. The highest BCUT2D eigenvalue weighted by Gasteiger charge is 1.98. The summed E-state index contributed by atoms with van der Waals surface area (Å²) in [5, 5.41) is 3.39. The molecule has 0 N–H and O–H groups in total. The van der Waals surface area contributed by atoms with Crippen molar-refractivity contribution in [3.63, 3.8) is 0 Å². The van der Waals surface area contributed by atoms with Gasteiger partial charge in [-0.3, -0.25) is 0 Å². The summed E-state index contributed by atoms with van der Waals surface area (Å²) in [4.78, 5) is 0. The number of allylic oxidation sites excluding steroid dienone is 1. The topological polar surface area (TPSA) is 9.23 Å². The zero-order valence-corrected chi connectivity index (χ0v) is 12.3. The Balaban J connectivity index is 2.42. The predicted octanol–water partition coefficient (Wildman–Crippen LogP) is 5.04. The van der Waals surface area contributed by atoms with Crippen molar-refractivity contribution in [1.29, 1.82) is 0 Å². The molecule has 2 rings (SSSR count). The summed E-state index contributed by atoms with van der Waals surface area (Å²) in [6.45, 7) is 2.18. The quantitative estimate of drug-likeness (QED) is 0.719. The van der Waals surface area contributed by atoms with Gasteiger partial charge in [-0.15, -0.1) is 0 Å². The maximum atomic E-state index is 5.23. The molecular formula is C16H17BrO. The van der Waals surface area contributed by atoms with Gasteiger partial charge in [0.2, 0.25) is 0 Å². The number of alkyl halides is 1. The summed E-state index contributed by atoms with van der Waals surface area (Å²) in [6, 6.07) is 12.7. The first-order valence-corrected chi connectivity index (χ1v) is 7.22. The van der Waals surface area contributed by atoms with Gasteiger partial charge in [-0.05, 0) is 41.0 Å². The van der Waals surface area contributed by atoms with Gasteiger partial charge in [0.25, 0.3) is 0 Å². The molecule has 2 aromatic carbocycles. The van der Waals surface area contributed by atoms with E-state index < -0.39 is 0 Å². The molecule has 0 aliphatic carbocycles. The first-order valence-electron chi connectivity index (χ1n) is 6.10. The van der Waals surface area contributed by atoms with Crippen LogP contribution >= 0.6 is 15.9 Å². The Kier molecular flexibility index (Phi) is 4.43. The van der Waals surface area contributed by atoms with E-state index in [1.54, 1.807) is 7.11 Å². The van der Waals surface area contributed by atoms with E-state index in [1.165, 1.54) is 21.9 Å². The fraction of sp³-hybridized carbons (Fsp3) is 0.250. The predicted molar refractivity (Wildman–Crippen MR) is 82.6 cm³/mol. The van der Waals surface area contributed by atoms with Crippen molar-refractivity contribution in [3.8, 4) is 5.75 Å². The Labute approximate surface area is 117 Å². The average Bonchev–Trinajstić information content (AvgIpc) is 2.44.